The molecule has 9 aromatic carbocycles. The van der Waals surface area contributed by atoms with E-state index in [4.69, 9.17) is 0 Å². The van der Waals surface area contributed by atoms with Crippen LogP contribution in [0.4, 0.5) is 0 Å². The summed E-state index contributed by atoms with van der Waals surface area (Å²) in [6, 6.07) is 71.0. The van der Waals surface area contributed by atoms with E-state index in [1.54, 1.807) is 0 Å². The first kappa shape index (κ1) is 28.9. The lowest BCUT2D eigenvalue weighted by Gasteiger charge is -2.12. The van der Waals surface area contributed by atoms with Gasteiger partial charge in [-0.15, -0.1) is 0 Å². The van der Waals surface area contributed by atoms with Gasteiger partial charge in [0.15, 0.2) is 0 Å². The van der Waals surface area contributed by atoms with Gasteiger partial charge in [-0.2, -0.15) is 0 Å². The quantitative estimate of drug-likeness (QED) is 0.178. The zero-order chi connectivity index (χ0) is 34.2. The van der Waals surface area contributed by atoms with Crippen LogP contribution in [0.25, 0.3) is 98.8 Å². The minimum atomic E-state index is 1.21. The average Bonchev–Trinajstić information content (AvgIpc) is 3.72. The molecule has 0 aliphatic rings. The Balaban J connectivity index is 1.01. The molecule has 52 heavy (non-hydrogen) atoms. The monoisotopic (exact) mass is 660 g/mol. The number of rotatable bonds is 4. The van der Waals surface area contributed by atoms with Gasteiger partial charge in [0, 0.05) is 32.3 Å². The lowest BCUT2D eigenvalue weighted by molar-refractivity contribution is 1.20. The summed E-state index contributed by atoms with van der Waals surface area (Å²) >= 11 is 0. The average molecular weight is 661 g/mol. The molecule has 0 spiro atoms. The summed E-state index contributed by atoms with van der Waals surface area (Å²) in [4.78, 5) is 0. The van der Waals surface area contributed by atoms with Crippen LogP contribution < -0.4 is 0 Å². The number of benzene rings is 9. The maximum Gasteiger partial charge on any atom is 0.0541 e. The first-order chi connectivity index (χ1) is 25.8. The molecule has 0 aliphatic heterocycles. The van der Waals surface area contributed by atoms with Crippen molar-refractivity contribution in [3.05, 3.63) is 194 Å². The second kappa shape index (κ2) is 11.3. The molecule has 11 aromatic rings. The molecule has 2 heterocycles. The van der Waals surface area contributed by atoms with Gasteiger partial charge < -0.3 is 9.13 Å². The van der Waals surface area contributed by atoms with Crippen molar-refractivity contribution < 1.29 is 0 Å². The fourth-order valence-corrected chi connectivity index (χ4v) is 8.49. The Bertz CT molecular complexity index is 2950. The molecular weight excluding hydrogens is 629 g/mol. The summed E-state index contributed by atoms with van der Waals surface area (Å²) in [5.74, 6) is 0. The van der Waals surface area contributed by atoms with Crippen molar-refractivity contribution >= 4 is 65.2 Å². The molecule has 0 saturated heterocycles. The predicted molar refractivity (Wildman–Crippen MR) is 221 cm³/mol. The number of nitrogens with zero attached hydrogens (tertiary/aromatic N) is 2. The highest BCUT2D eigenvalue weighted by Gasteiger charge is 2.17. The Morgan fingerprint density at radius 2 is 0.577 bits per heavy atom. The zero-order valence-corrected chi connectivity index (χ0v) is 28.4. The van der Waals surface area contributed by atoms with E-state index in [2.05, 4.69) is 203 Å². The van der Waals surface area contributed by atoms with Crippen LogP contribution in [-0.4, -0.2) is 9.13 Å². The molecular formula is C50H32N2. The van der Waals surface area contributed by atoms with Crippen LogP contribution in [0, 0.1) is 0 Å². The molecule has 2 heteroatoms. The first-order valence-electron chi connectivity index (χ1n) is 17.9. The van der Waals surface area contributed by atoms with Crippen molar-refractivity contribution in [2.75, 3.05) is 0 Å². The first-order valence-corrected chi connectivity index (χ1v) is 17.9. The number of para-hydroxylation sites is 2. The lowest BCUT2D eigenvalue weighted by Crippen LogP contribution is -1.95. The Labute approximate surface area is 301 Å². The maximum absolute atomic E-state index is 2.42. The molecule has 0 aliphatic carbocycles. The van der Waals surface area contributed by atoms with Gasteiger partial charge in [0.05, 0.1) is 33.4 Å². The van der Waals surface area contributed by atoms with Crippen LogP contribution in [0.2, 0.25) is 0 Å². The number of hydrogen-bond donors (Lipinski definition) is 0. The molecule has 0 amide bonds. The number of fused-ring (bicyclic) bond motifs is 8. The van der Waals surface area contributed by atoms with Crippen LogP contribution >= 0.6 is 0 Å². The summed E-state index contributed by atoms with van der Waals surface area (Å²) < 4.78 is 4.85. The van der Waals surface area contributed by atoms with Crippen molar-refractivity contribution in [1.29, 1.82) is 0 Å². The standard InChI is InChI=1S/C50H32N2/c1-3-15-39-35(11-1)13-9-21-45(39)51-47-19-7-5-17-41(47)43-31-37(27-29-49(43)51)33-23-25-34(26-24-33)38-28-30-50-44(32-38)42-18-6-8-20-48(42)52(50)46-22-10-14-36-12-2-4-16-40(36)46/h1-32H. The Hall–Kier alpha value is -6.90. The summed E-state index contributed by atoms with van der Waals surface area (Å²) in [7, 11) is 0. The molecule has 2 aromatic heterocycles. The molecule has 0 atom stereocenters. The summed E-state index contributed by atoms with van der Waals surface area (Å²) in [6.07, 6.45) is 0. The maximum atomic E-state index is 2.42. The third kappa shape index (κ3) is 4.31. The molecule has 0 N–H and O–H groups in total. The normalized spacial score (nSPS) is 11.8. The lowest BCUT2D eigenvalue weighted by atomic mass is 9.98. The molecule has 0 fully saturated rings. The van der Waals surface area contributed by atoms with E-state index in [9.17, 15) is 0 Å². The van der Waals surface area contributed by atoms with Gasteiger partial charge in [-0.1, -0.05) is 146 Å². The number of aromatic nitrogens is 2. The summed E-state index contributed by atoms with van der Waals surface area (Å²) in [5.41, 5.74) is 12.1. The fourth-order valence-electron chi connectivity index (χ4n) is 8.49. The molecule has 242 valence electrons. The van der Waals surface area contributed by atoms with Crippen LogP contribution in [0.15, 0.2) is 194 Å². The van der Waals surface area contributed by atoms with Crippen molar-refractivity contribution in [2.24, 2.45) is 0 Å². The van der Waals surface area contributed by atoms with Gasteiger partial charge >= 0.3 is 0 Å². The predicted octanol–water partition coefficient (Wildman–Crippen LogP) is 13.5. The van der Waals surface area contributed by atoms with E-state index in [-0.39, 0.29) is 0 Å². The Kier molecular flexibility index (Phi) is 6.28. The van der Waals surface area contributed by atoms with E-state index in [0.717, 1.165) is 0 Å². The van der Waals surface area contributed by atoms with E-state index in [1.165, 1.54) is 98.8 Å². The van der Waals surface area contributed by atoms with E-state index in [0.29, 0.717) is 0 Å². The molecule has 0 unspecified atom stereocenters. The van der Waals surface area contributed by atoms with E-state index in [1.807, 2.05) is 0 Å². The van der Waals surface area contributed by atoms with Crippen molar-refractivity contribution in [1.82, 2.24) is 9.13 Å². The third-order valence-corrected chi connectivity index (χ3v) is 10.9. The van der Waals surface area contributed by atoms with Gasteiger partial charge in [-0.25, -0.2) is 0 Å². The highest BCUT2D eigenvalue weighted by Crippen LogP contribution is 2.39. The molecule has 11 rings (SSSR count). The second-order valence-corrected chi connectivity index (χ2v) is 13.7. The van der Waals surface area contributed by atoms with Gasteiger partial charge in [0.25, 0.3) is 0 Å². The third-order valence-electron chi connectivity index (χ3n) is 10.9. The molecule has 0 bridgehead atoms. The largest absolute Gasteiger partial charge is 0.309 e. The van der Waals surface area contributed by atoms with Gasteiger partial charge in [0.2, 0.25) is 0 Å². The molecule has 0 saturated carbocycles. The summed E-state index contributed by atoms with van der Waals surface area (Å²) in [6.45, 7) is 0. The van der Waals surface area contributed by atoms with Crippen LogP contribution in [0.1, 0.15) is 0 Å². The SMILES string of the molecule is c1ccc2c(-n3c4ccccc4c4cc(-c5ccc(-c6ccc7c(c6)c6ccccc6n7-c6cccc7ccccc67)cc5)ccc43)cccc2c1. The van der Waals surface area contributed by atoms with E-state index >= 15 is 0 Å². The van der Waals surface area contributed by atoms with Crippen LogP contribution in [0.3, 0.4) is 0 Å². The van der Waals surface area contributed by atoms with E-state index < -0.39 is 0 Å². The molecule has 0 radical (unpaired) electrons. The highest BCUT2D eigenvalue weighted by atomic mass is 15.0. The minimum Gasteiger partial charge on any atom is -0.309 e. The highest BCUT2D eigenvalue weighted by molar-refractivity contribution is 6.13. The topological polar surface area (TPSA) is 9.86 Å². The minimum absolute atomic E-state index is 1.21. The Morgan fingerprint density at radius 3 is 1.04 bits per heavy atom. The second-order valence-electron chi connectivity index (χ2n) is 13.7. The fraction of sp³-hybridized carbons (Fsp3) is 0. The molecule has 2 nitrogen and oxygen atoms in total. The smallest absolute Gasteiger partial charge is 0.0541 e. The summed E-state index contributed by atoms with van der Waals surface area (Å²) in [5, 5.41) is 10.1. The van der Waals surface area contributed by atoms with Crippen LogP contribution in [-0.2, 0) is 0 Å². The van der Waals surface area contributed by atoms with Crippen molar-refractivity contribution in [2.45, 2.75) is 0 Å². The zero-order valence-electron chi connectivity index (χ0n) is 28.4. The van der Waals surface area contributed by atoms with Crippen LogP contribution in [0.5, 0.6) is 0 Å². The number of hydrogen-bond acceptors (Lipinski definition) is 0. The van der Waals surface area contributed by atoms with Crippen molar-refractivity contribution in [3.63, 3.8) is 0 Å². The van der Waals surface area contributed by atoms with Gasteiger partial charge in [0.1, 0.15) is 0 Å². The van der Waals surface area contributed by atoms with Crippen molar-refractivity contribution in [3.8, 4) is 33.6 Å². The Morgan fingerprint density at radius 1 is 0.231 bits per heavy atom. The van der Waals surface area contributed by atoms with Gasteiger partial charge in [-0.05, 0) is 81.6 Å². The van der Waals surface area contributed by atoms with Gasteiger partial charge in [-0.3, -0.25) is 0 Å².